The van der Waals surface area contributed by atoms with Crippen molar-refractivity contribution in [2.75, 3.05) is 0 Å². The molecule has 0 aliphatic rings. The van der Waals surface area contributed by atoms with Gasteiger partial charge in [-0.05, 0) is 84.4 Å². The molecule has 0 spiro atoms. The highest BCUT2D eigenvalue weighted by atomic mass is 32.5. The molecule has 1 amide bonds. The summed E-state index contributed by atoms with van der Waals surface area (Å²) < 4.78 is 9.20. The number of hydrogen-bond donors (Lipinski definition) is 3. The van der Waals surface area contributed by atoms with Crippen molar-refractivity contribution in [1.29, 1.82) is 0 Å². The summed E-state index contributed by atoms with van der Waals surface area (Å²) in [5, 5.41) is 11.7. The number of unbranched alkanes of at least 4 members (excludes halogenated alkanes) is 5. The molecule has 0 radical (unpaired) electrons. The normalized spacial score (nSPS) is 14.3. The lowest BCUT2D eigenvalue weighted by molar-refractivity contribution is -0.158. The van der Waals surface area contributed by atoms with E-state index >= 15 is 0 Å². The first kappa shape index (κ1) is 36.0. The van der Waals surface area contributed by atoms with Gasteiger partial charge in [0.1, 0.15) is 6.79 Å². The molecule has 0 aliphatic heterocycles. The number of rotatable bonds is 19. The summed E-state index contributed by atoms with van der Waals surface area (Å²) in [6.07, 6.45) is 23.8. The summed E-state index contributed by atoms with van der Waals surface area (Å²) in [7, 11) is 0. The molecule has 0 saturated carbocycles. The average molecular weight is 534 g/mol. The smallest absolute Gasteiger partial charge is 0.351 e. The molecular formula is C26H48NO6PS. The molecule has 3 N–H and O–H groups in total. The fraction of sp³-hybridized carbons (Fsp3) is 0.692. The molecule has 35 heavy (non-hydrogen) atoms. The monoisotopic (exact) mass is 533 g/mol. The molecule has 0 aromatic carbocycles. The summed E-state index contributed by atoms with van der Waals surface area (Å²) in [5.41, 5.74) is -1.43. The number of nitrogens with one attached hydrogen (secondary N) is 1. The summed E-state index contributed by atoms with van der Waals surface area (Å²) in [5.74, 6) is -0.00110. The molecule has 204 valence electrons. The molecule has 0 aliphatic carbocycles. The highest BCUT2D eigenvalue weighted by molar-refractivity contribution is 8.07. The van der Waals surface area contributed by atoms with Crippen LogP contribution in [-0.2, 0) is 30.6 Å². The molecule has 0 saturated heterocycles. The Kier molecular flexibility index (Phi) is 21.6. The maximum atomic E-state index is 12.3. The Morgan fingerprint density at radius 1 is 0.943 bits per heavy atom. The minimum atomic E-state index is -3.69. The quantitative estimate of drug-likeness (QED) is 0.0531. The lowest BCUT2D eigenvalue weighted by atomic mass is 9.89. The van der Waals surface area contributed by atoms with Crippen LogP contribution in [0.1, 0.15) is 105 Å². The Morgan fingerprint density at radius 3 is 2.03 bits per heavy atom. The molecule has 0 aromatic rings. The maximum Gasteiger partial charge on any atom is 0.353 e. The number of amides is 1. The van der Waals surface area contributed by atoms with Crippen LogP contribution in [0.3, 0.4) is 0 Å². The van der Waals surface area contributed by atoms with Crippen LogP contribution in [-0.4, -0.2) is 34.0 Å². The highest BCUT2D eigenvalue weighted by Gasteiger charge is 2.35. The molecule has 9 heteroatoms. The Bertz CT molecular complexity index is 691. The van der Waals surface area contributed by atoms with E-state index in [-0.39, 0.29) is 5.91 Å². The summed E-state index contributed by atoms with van der Waals surface area (Å²) in [4.78, 5) is 30.0. The summed E-state index contributed by atoms with van der Waals surface area (Å²) in [6.45, 7) is 7.70. The first-order chi connectivity index (χ1) is 16.4. The van der Waals surface area contributed by atoms with E-state index in [2.05, 4.69) is 53.4 Å². The van der Waals surface area contributed by atoms with Gasteiger partial charge in [-0.3, -0.25) is 4.79 Å². The maximum absolute atomic E-state index is 12.3. The van der Waals surface area contributed by atoms with Gasteiger partial charge in [-0.1, -0.05) is 62.6 Å². The molecule has 0 heterocycles. The number of allylic oxidation sites excluding steroid dienone is 6. The Labute approximate surface area is 218 Å². The lowest BCUT2D eigenvalue weighted by Crippen LogP contribution is -2.48. The zero-order chi connectivity index (χ0) is 27.2. The van der Waals surface area contributed by atoms with Gasteiger partial charge in [0.2, 0.25) is 5.91 Å². The minimum Gasteiger partial charge on any atom is -0.351 e. The third-order valence-corrected chi connectivity index (χ3v) is 6.22. The second-order valence-electron chi connectivity index (χ2n) is 9.61. The van der Waals surface area contributed by atoms with Gasteiger partial charge in [-0.15, -0.1) is 0 Å². The van der Waals surface area contributed by atoms with E-state index in [0.29, 0.717) is 12.8 Å². The Hall–Kier alpha value is -1.15. The number of carbonyl (C=O) groups excluding carboxylic acids is 2. The van der Waals surface area contributed by atoms with Gasteiger partial charge in [0, 0.05) is 12.0 Å². The van der Waals surface area contributed by atoms with Crippen LogP contribution in [0.5, 0.6) is 0 Å². The lowest BCUT2D eigenvalue weighted by Gasteiger charge is -2.36. The SMILES string of the molecule is C=O.CC/C=C\C/C=C\C/C=C\CCCCCCCC(=O)NC(C)(C)CC(C)(C)OP(O)(=S)OO. The van der Waals surface area contributed by atoms with E-state index in [1.165, 1.54) is 12.8 Å². The predicted molar refractivity (Wildman–Crippen MR) is 149 cm³/mol. The highest BCUT2D eigenvalue weighted by Crippen LogP contribution is 2.48. The molecular weight excluding hydrogens is 485 g/mol. The third-order valence-electron chi connectivity index (χ3n) is 4.87. The van der Waals surface area contributed by atoms with Crippen molar-refractivity contribution in [1.82, 2.24) is 5.32 Å². The first-order valence-electron chi connectivity index (χ1n) is 12.3. The van der Waals surface area contributed by atoms with Crippen molar-refractivity contribution >= 4 is 31.2 Å². The van der Waals surface area contributed by atoms with Gasteiger partial charge in [0.05, 0.1) is 5.60 Å². The second kappa shape index (κ2) is 21.0. The first-order valence-corrected chi connectivity index (χ1v) is 14.9. The van der Waals surface area contributed by atoms with Crippen molar-refractivity contribution < 1.29 is 28.9 Å². The molecule has 1 atom stereocenters. The molecule has 0 rings (SSSR count). The van der Waals surface area contributed by atoms with Gasteiger partial charge in [-0.25, -0.2) is 5.26 Å². The van der Waals surface area contributed by atoms with E-state index in [0.717, 1.165) is 44.9 Å². The van der Waals surface area contributed by atoms with Crippen molar-refractivity contribution in [2.24, 2.45) is 0 Å². The van der Waals surface area contributed by atoms with Crippen LogP contribution in [0, 0.1) is 0 Å². The van der Waals surface area contributed by atoms with Gasteiger partial charge in [0.15, 0.2) is 0 Å². The third kappa shape index (κ3) is 24.3. The predicted octanol–water partition coefficient (Wildman–Crippen LogP) is 7.18. The van der Waals surface area contributed by atoms with Crippen LogP contribution >= 0.6 is 6.72 Å². The zero-order valence-corrected chi connectivity index (χ0v) is 24.0. The van der Waals surface area contributed by atoms with Crippen LogP contribution in [0.15, 0.2) is 36.5 Å². The number of hydrogen-bond acceptors (Lipinski definition) is 6. The van der Waals surface area contributed by atoms with Gasteiger partial charge in [0.25, 0.3) is 0 Å². The van der Waals surface area contributed by atoms with Crippen LogP contribution < -0.4 is 5.32 Å². The van der Waals surface area contributed by atoms with E-state index in [1.54, 1.807) is 13.8 Å². The number of carbonyl (C=O) groups is 2. The van der Waals surface area contributed by atoms with Crippen molar-refractivity contribution in [3.05, 3.63) is 36.5 Å². The van der Waals surface area contributed by atoms with Crippen LogP contribution in [0.25, 0.3) is 0 Å². The van der Waals surface area contributed by atoms with E-state index < -0.39 is 17.9 Å². The fourth-order valence-corrected chi connectivity index (χ4v) is 5.14. The molecule has 0 aromatic heterocycles. The van der Waals surface area contributed by atoms with Gasteiger partial charge in [-0.2, -0.15) is 4.67 Å². The zero-order valence-electron chi connectivity index (χ0n) is 22.3. The fourth-order valence-electron chi connectivity index (χ4n) is 3.81. The summed E-state index contributed by atoms with van der Waals surface area (Å²) >= 11 is 4.69. The van der Waals surface area contributed by atoms with Crippen LogP contribution in [0.4, 0.5) is 0 Å². The molecule has 7 nitrogen and oxygen atoms in total. The van der Waals surface area contributed by atoms with Gasteiger partial charge >= 0.3 is 6.72 Å². The van der Waals surface area contributed by atoms with Crippen molar-refractivity contribution in [3.63, 3.8) is 0 Å². The standard InChI is InChI=1S/C25H46NO5PS.CH2O/c1-6-7-8-9-10-11-12-13-14-15-16-17-18-19-20-21-23(27)26-24(2,3)22-25(4,5)30-32(29,33)31-28;1-2/h7-8,10-11,13-14,28H,6,9,12,15-22H2,1-5H3,(H,26,27)(H,29,33);1H2/b8-7-,11-10-,14-13-;. The average Bonchev–Trinajstić information content (AvgIpc) is 2.75. The topological polar surface area (TPSA) is 105 Å². The molecule has 1 unspecified atom stereocenters. The molecule has 0 fully saturated rings. The second-order valence-corrected chi connectivity index (χ2v) is 12.3. The van der Waals surface area contributed by atoms with E-state index in [9.17, 15) is 9.69 Å². The van der Waals surface area contributed by atoms with Crippen molar-refractivity contribution in [2.45, 2.75) is 116 Å². The minimum absolute atomic E-state index is 0.00110. The molecule has 0 bridgehead atoms. The van der Waals surface area contributed by atoms with Crippen molar-refractivity contribution in [3.8, 4) is 0 Å². The van der Waals surface area contributed by atoms with Crippen LogP contribution in [0.2, 0.25) is 0 Å². The van der Waals surface area contributed by atoms with E-state index in [4.69, 9.17) is 26.4 Å². The largest absolute Gasteiger partial charge is 0.353 e. The summed E-state index contributed by atoms with van der Waals surface area (Å²) in [6, 6.07) is 0. The Morgan fingerprint density at radius 2 is 1.46 bits per heavy atom. The Balaban J connectivity index is 0. The van der Waals surface area contributed by atoms with Gasteiger partial charge < -0.3 is 19.5 Å². The van der Waals surface area contributed by atoms with E-state index in [1.807, 2.05) is 20.6 Å².